The molecular weight excluding hydrogens is 420 g/mol. The zero-order valence-electron chi connectivity index (χ0n) is 20.9. The second kappa shape index (κ2) is 12.1. The predicted molar refractivity (Wildman–Crippen MR) is 127 cm³/mol. The van der Waals surface area contributed by atoms with E-state index in [0.717, 1.165) is 24.8 Å². The Morgan fingerprint density at radius 2 is 1.73 bits per heavy atom. The van der Waals surface area contributed by atoms with Gasteiger partial charge in [-0.05, 0) is 56.9 Å². The van der Waals surface area contributed by atoms with Crippen molar-refractivity contribution >= 4 is 18.0 Å². The molecule has 7 nitrogen and oxygen atoms in total. The first-order chi connectivity index (χ1) is 15.5. The van der Waals surface area contributed by atoms with Gasteiger partial charge in [0, 0.05) is 5.92 Å². The molecule has 0 aliphatic heterocycles. The molecule has 0 unspecified atom stereocenters. The van der Waals surface area contributed by atoms with Crippen LogP contribution in [0.15, 0.2) is 30.3 Å². The number of alkyl carbamates (subject to hydrolysis) is 1. The zero-order valence-corrected chi connectivity index (χ0v) is 20.9. The van der Waals surface area contributed by atoms with Crippen LogP contribution >= 0.6 is 0 Å². The normalized spacial score (nSPS) is 21.7. The molecule has 1 aromatic rings. The molecule has 1 aromatic carbocycles. The molecule has 33 heavy (non-hydrogen) atoms. The zero-order chi connectivity index (χ0) is 24.6. The van der Waals surface area contributed by atoms with E-state index in [9.17, 15) is 14.4 Å². The number of amides is 2. The summed E-state index contributed by atoms with van der Waals surface area (Å²) >= 11 is 0. The summed E-state index contributed by atoms with van der Waals surface area (Å²) in [4.78, 5) is 37.3. The third-order valence-corrected chi connectivity index (χ3v) is 6.04. The Bertz CT molecular complexity index is 788. The molecule has 1 aliphatic carbocycles. The molecule has 7 heteroatoms. The highest BCUT2D eigenvalue weighted by molar-refractivity contribution is 5.80. The van der Waals surface area contributed by atoms with Gasteiger partial charge in [0.2, 0.25) is 5.91 Å². The van der Waals surface area contributed by atoms with E-state index in [1.165, 1.54) is 0 Å². The molecule has 0 saturated heterocycles. The highest BCUT2D eigenvalue weighted by Gasteiger charge is 2.35. The highest BCUT2D eigenvalue weighted by atomic mass is 16.6. The van der Waals surface area contributed by atoms with Gasteiger partial charge in [-0.15, -0.1) is 0 Å². The van der Waals surface area contributed by atoms with Crippen LogP contribution in [0.3, 0.4) is 0 Å². The topological polar surface area (TPSA) is 93.7 Å². The summed E-state index contributed by atoms with van der Waals surface area (Å²) in [5, 5.41) is 5.44. The fraction of sp³-hybridized carbons (Fsp3) is 0.654. The summed E-state index contributed by atoms with van der Waals surface area (Å²) in [5.41, 5.74) is 0.121. The average Bonchev–Trinajstić information content (AvgIpc) is 2.74. The van der Waals surface area contributed by atoms with Gasteiger partial charge >= 0.3 is 12.1 Å². The Labute approximate surface area is 198 Å². The van der Waals surface area contributed by atoms with Crippen molar-refractivity contribution in [3.8, 4) is 0 Å². The quantitative estimate of drug-likeness (QED) is 0.552. The highest BCUT2D eigenvalue weighted by Crippen LogP contribution is 2.38. The van der Waals surface area contributed by atoms with E-state index in [-0.39, 0.29) is 24.9 Å². The van der Waals surface area contributed by atoms with Gasteiger partial charge in [0.05, 0.1) is 6.54 Å². The third-order valence-electron chi connectivity index (χ3n) is 6.04. The summed E-state index contributed by atoms with van der Waals surface area (Å²) in [5.74, 6) is 0.707. The lowest BCUT2D eigenvalue weighted by Gasteiger charge is -2.36. The monoisotopic (exact) mass is 460 g/mol. The van der Waals surface area contributed by atoms with Crippen LogP contribution in [0, 0.1) is 23.7 Å². The number of carbonyl (C=O) groups is 3. The summed E-state index contributed by atoms with van der Waals surface area (Å²) in [7, 11) is 0. The SMILES string of the molecule is CC(C)[C@@H]1CC[C@@H](C)C[C@H]1C(=O)NC[C@H](OC(=O)CNC(=O)OC(C)(C)C)c1ccccc1. The molecule has 1 saturated carbocycles. The second-order valence-electron chi connectivity index (χ2n) is 10.4. The van der Waals surface area contributed by atoms with Gasteiger partial charge in [0.1, 0.15) is 18.2 Å². The van der Waals surface area contributed by atoms with Crippen LogP contribution in [0.25, 0.3) is 0 Å². The standard InChI is InChI=1S/C26H40N2O5/c1-17(2)20-13-12-18(3)14-21(20)24(30)27-15-22(19-10-8-7-9-11-19)32-23(29)16-28-25(31)33-26(4,5)6/h7-11,17-18,20-22H,12-16H2,1-6H3,(H,27,30)(H,28,31)/t18-,20+,21-,22+/m1/s1. The van der Waals surface area contributed by atoms with Crippen molar-refractivity contribution in [3.63, 3.8) is 0 Å². The fourth-order valence-electron chi connectivity index (χ4n) is 4.38. The number of hydrogen-bond acceptors (Lipinski definition) is 5. The van der Waals surface area contributed by atoms with Gasteiger partial charge in [-0.25, -0.2) is 4.79 Å². The first-order valence-electron chi connectivity index (χ1n) is 11.9. The molecule has 0 spiro atoms. The number of nitrogens with one attached hydrogen (secondary N) is 2. The van der Waals surface area contributed by atoms with Crippen LogP contribution in [-0.2, 0) is 19.1 Å². The van der Waals surface area contributed by atoms with Gasteiger partial charge in [0.15, 0.2) is 0 Å². The van der Waals surface area contributed by atoms with Gasteiger partial charge < -0.3 is 20.1 Å². The first kappa shape index (κ1) is 26.7. The maximum Gasteiger partial charge on any atom is 0.408 e. The maximum atomic E-state index is 13.1. The Morgan fingerprint density at radius 1 is 1.06 bits per heavy atom. The first-order valence-corrected chi connectivity index (χ1v) is 11.9. The minimum absolute atomic E-state index is 0.0177. The Balaban J connectivity index is 1.99. The van der Waals surface area contributed by atoms with Crippen molar-refractivity contribution in [1.29, 1.82) is 0 Å². The molecule has 4 atom stereocenters. The number of carbonyl (C=O) groups excluding carboxylic acids is 3. The van der Waals surface area contributed by atoms with Gasteiger partial charge in [-0.1, -0.05) is 57.5 Å². The Morgan fingerprint density at radius 3 is 2.33 bits per heavy atom. The van der Waals surface area contributed by atoms with E-state index in [4.69, 9.17) is 9.47 Å². The molecule has 1 fully saturated rings. The van der Waals surface area contributed by atoms with Crippen molar-refractivity contribution in [3.05, 3.63) is 35.9 Å². The molecular formula is C26H40N2O5. The molecule has 0 bridgehead atoms. The second-order valence-corrected chi connectivity index (χ2v) is 10.4. The largest absolute Gasteiger partial charge is 0.454 e. The van der Waals surface area contributed by atoms with Crippen molar-refractivity contribution in [2.45, 2.75) is 72.5 Å². The predicted octanol–water partition coefficient (Wildman–Crippen LogP) is 4.62. The maximum absolute atomic E-state index is 13.1. The van der Waals surface area contributed by atoms with E-state index in [0.29, 0.717) is 17.8 Å². The molecule has 0 radical (unpaired) electrons. The van der Waals surface area contributed by atoms with Crippen LogP contribution in [-0.4, -0.2) is 36.7 Å². The van der Waals surface area contributed by atoms with E-state index in [2.05, 4.69) is 31.4 Å². The molecule has 0 heterocycles. The van der Waals surface area contributed by atoms with Crippen LogP contribution in [0.2, 0.25) is 0 Å². The number of ether oxygens (including phenoxy) is 2. The summed E-state index contributed by atoms with van der Waals surface area (Å²) in [6, 6.07) is 9.29. The fourth-order valence-corrected chi connectivity index (χ4v) is 4.38. The molecule has 184 valence electrons. The lowest BCUT2D eigenvalue weighted by molar-refractivity contribution is -0.149. The minimum atomic E-state index is -0.685. The van der Waals surface area contributed by atoms with E-state index in [1.54, 1.807) is 20.8 Å². The average molecular weight is 461 g/mol. The number of hydrogen-bond donors (Lipinski definition) is 2. The lowest BCUT2D eigenvalue weighted by Crippen LogP contribution is -2.42. The van der Waals surface area contributed by atoms with Crippen molar-refractivity contribution in [2.24, 2.45) is 23.7 Å². The van der Waals surface area contributed by atoms with Gasteiger partial charge in [0.25, 0.3) is 0 Å². The van der Waals surface area contributed by atoms with Crippen molar-refractivity contribution in [2.75, 3.05) is 13.1 Å². The summed E-state index contributed by atoms with van der Waals surface area (Å²) in [6.07, 6.45) is 1.76. The molecule has 1 aliphatic rings. The van der Waals surface area contributed by atoms with Crippen molar-refractivity contribution < 1.29 is 23.9 Å². The molecule has 2 amide bonds. The summed E-state index contributed by atoms with van der Waals surface area (Å²) < 4.78 is 10.8. The van der Waals surface area contributed by atoms with Gasteiger partial charge in [-0.3, -0.25) is 9.59 Å². The van der Waals surface area contributed by atoms with E-state index >= 15 is 0 Å². The third kappa shape index (κ3) is 9.06. The molecule has 2 rings (SSSR count). The van der Waals surface area contributed by atoms with Crippen LogP contribution < -0.4 is 10.6 Å². The smallest absolute Gasteiger partial charge is 0.408 e. The van der Waals surface area contributed by atoms with Crippen LogP contribution in [0.4, 0.5) is 4.79 Å². The number of rotatable bonds is 8. The summed E-state index contributed by atoms with van der Waals surface area (Å²) in [6.45, 7) is 11.6. The van der Waals surface area contributed by atoms with Crippen LogP contribution in [0.5, 0.6) is 0 Å². The molecule has 2 N–H and O–H groups in total. The molecule has 0 aromatic heterocycles. The van der Waals surface area contributed by atoms with Crippen molar-refractivity contribution in [1.82, 2.24) is 10.6 Å². The Kier molecular flexibility index (Phi) is 9.74. The minimum Gasteiger partial charge on any atom is -0.454 e. The van der Waals surface area contributed by atoms with E-state index in [1.807, 2.05) is 30.3 Å². The Hall–Kier alpha value is -2.57. The lowest BCUT2D eigenvalue weighted by atomic mass is 9.70. The van der Waals surface area contributed by atoms with Crippen LogP contribution in [0.1, 0.15) is 72.5 Å². The van der Waals surface area contributed by atoms with Gasteiger partial charge in [-0.2, -0.15) is 0 Å². The van der Waals surface area contributed by atoms with E-state index < -0.39 is 23.8 Å². The number of benzene rings is 1. The number of esters is 1.